The van der Waals surface area contributed by atoms with Crippen LogP contribution in [0.5, 0.6) is 0 Å². The number of hydrogen-bond donors (Lipinski definition) is 1. The first-order valence-electron chi connectivity index (χ1n) is 8.13. The summed E-state index contributed by atoms with van der Waals surface area (Å²) in [6.07, 6.45) is 3.70. The fourth-order valence-corrected chi connectivity index (χ4v) is 2.84. The second-order valence-corrected chi connectivity index (χ2v) is 6.91. The molecule has 3 heteroatoms. The third kappa shape index (κ3) is 6.56. The van der Waals surface area contributed by atoms with Gasteiger partial charge in [0.2, 0.25) is 0 Å². The van der Waals surface area contributed by atoms with Crippen LogP contribution in [0.3, 0.4) is 0 Å². The van der Waals surface area contributed by atoms with Crippen molar-refractivity contribution in [2.24, 2.45) is 11.8 Å². The predicted octanol–water partition coefficient (Wildman–Crippen LogP) is 3.94. The highest BCUT2D eigenvalue weighted by atomic mass is 15.3. The Kier molecular flexibility index (Phi) is 7.28. The van der Waals surface area contributed by atoms with Crippen LogP contribution < -0.4 is 5.32 Å². The van der Waals surface area contributed by atoms with E-state index < -0.39 is 0 Å². The molecule has 0 spiro atoms. The molecule has 1 aromatic rings. The lowest BCUT2D eigenvalue weighted by atomic mass is 9.95. The molecule has 0 aliphatic heterocycles. The summed E-state index contributed by atoms with van der Waals surface area (Å²) in [5, 5.41) is 8.25. The molecule has 0 unspecified atom stereocenters. The molecule has 0 amide bonds. The molecule has 1 rings (SSSR count). The molecular weight excluding hydrogens is 246 g/mol. The van der Waals surface area contributed by atoms with Crippen LogP contribution in [0.2, 0.25) is 0 Å². The maximum atomic E-state index is 4.51. The Bertz CT molecular complexity index is 370. The molecule has 20 heavy (non-hydrogen) atoms. The highest BCUT2D eigenvalue weighted by Crippen LogP contribution is 2.13. The Morgan fingerprint density at radius 2 is 1.70 bits per heavy atom. The van der Waals surface area contributed by atoms with E-state index in [9.17, 15) is 0 Å². The van der Waals surface area contributed by atoms with E-state index >= 15 is 0 Å². The molecule has 1 heterocycles. The van der Waals surface area contributed by atoms with E-state index in [-0.39, 0.29) is 0 Å². The van der Waals surface area contributed by atoms with Gasteiger partial charge in [0.1, 0.15) is 0 Å². The number of aromatic nitrogens is 2. The topological polar surface area (TPSA) is 29.9 Å². The molecule has 0 aromatic carbocycles. The fraction of sp³-hybridized carbons (Fsp3) is 0.824. The van der Waals surface area contributed by atoms with Crippen LogP contribution in [0.15, 0.2) is 6.07 Å². The van der Waals surface area contributed by atoms with E-state index in [0.29, 0.717) is 6.04 Å². The molecule has 1 aromatic heterocycles. The van der Waals surface area contributed by atoms with Crippen molar-refractivity contribution in [1.29, 1.82) is 0 Å². The standard InChI is InChI=1S/C17H33N3/c1-13(2)10-17(11-14(3)4)18-8-7-9-20-16(6)12-15(5)19-20/h12-14,17-18H,7-11H2,1-6H3. The maximum absolute atomic E-state index is 4.51. The first-order chi connectivity index (χ1) is 9.38. The lowest BCUT2D eigenvalue weighted by Crippen LogP contribution is -2.33. The van der Waals surface area contributed by atoms with Crippen molar-refractivity contribution in [3.05, 3.63) is 17.5 Å². The van der Waals surface area contributed by atoms with E-state index in [1.165, 1.54) is 18.5 Å². The van der Waals surface area contributed by atoms with Gasteiger partial charge in [0, 0.05) is 18.3 Å². The zero-order valence-electron chi connectivity index (χ0n) is 14.2. The third-order valence-electron chi connectivity index (χ3n) is 3.59. The molecule has 0 fully saturated rings. The number of nitrogens with zero attached hydrogens (tertiary/aromatic N) is 2. The van der Waals surface area contributed by atoms with Crippen molar-refractivity contribution in [2.45, 2.75) is 73.4 Å². The van der Waals surface area contributed by atoms with E-state index in [4.69, 9.17) is 0 Å². The summed E-state index contributed by atoms with van der Waals surface area (Å²) in [5.74, 6) is 1.53. The molecule has 1 N–H and O–H groups in total. The van der Waals surface area contributed by atoms with Crippen molar-refractivity contribution in [1.82, 2.24) is 15.1 Å². The molecule has 0 saturated carbocycles. The Hall–Kier alpha value is -0.830. The zero-order chi connectivity index (χ0) is 15.1. The monoisotopic (exact) mass is 279 g/mol. The third-order valence-corrected chi connectivity index (χ3v) is 3.59. The minimum absolute atomic E-state index is 0.662. The highest BCUT2D eigenvalue weighted by Gasteiger charge is 2.12. The SMILES string of the molecule is Cc1cc(C)n(CCCNC(CC(C)C)CC(C)C)n1. The molecule has 3 nitrogen and oxygen atoms in total. The summed E-state index contributed by atoms with van der Waals surface area (Å²) in [4.78, 5) is 0. The molecule has 0 saturated heterocycles. The van der Waals surface area contributed by atoms with Gasteiger partial charge >= 0.3 is 0 Å². The Balaban J connectivity index is 2.31. The van der Waals surface area contributed by atoms with Crippen LogP contribution in [-0.2, 0) is 6.54 Å². The smallest absolute Gasteiger partial charge is 0.0596 e. The largest absolute Gasteiger partial charge is 0.314 e. The van der Waals surface area contributed by atoms with Crippen LogP contribution in [0, 0.1) is 25.7 Å². The van der Waals surface area contributed by atoms with Crippen molar-refractivity contribution in [3.8, 4) is 0 Å². The van der Waals surface area contributed by atoms with Gasteiger partial charge in [0.15, 0.2) is 0 Å². The van der Waals surface area contributed by atoms with Crippen molar-refractivity contribution < 1.29 is 0 Å². The van der Waals surface area contributed by atoms with Crippen LogP contribution in [-0.4, -0.2) is 22.4 Å². The average molecular weight is 279 g/mol. The average Bonchev–Trinajstić information content (AvgIpc) is 2.61. The Labute approximate surface area is 125 Å². The summed E-state index contributed by atoms with van der Waals surface area (Å²) >= 11 is 0. The number of nitrogens with one attached hydrogen (secondary N) is 1. The first kappa shape index (κ1) is 17.2. The van der Waals surface area contributed by atoms with Crippen LogP contribution in [0.25, 0.3) is 0 Å². The minimum atomic E-state index is 0.662. The Morgan fingerprint density at radius 1 is 1.10 bits per heavy atom. The molecule has 0 aliphatic rings. The van der Waals surface area contributed by atoms with Gasteiger partial charge in [-0.15, -0.1) is 0 Å². The van der Waals surface area contributed by atoms with E-state index in [1.807, 2.05) is 0 Å². The van der Waals surface area contributed by atoms with Crippen LogP contribution in [0.1, 0.15) is 58.3 Å². The Morgan fingerprint density at radius 3 is 2.15 bits per heavy atom. The van der Waals surface area contributed by atoms with E-state index in [0.717, 1.165) is 37.0 Å². The summed E-state index contributed by atoms with van der Waals surface area (Å²) in [6, 6.07) is 2.81. The van der Waals surface area contributed by atoms with Gasteiger partial charge in [-0.3, -0.25) is 4.68 Å². The van der Waals surface area contributed by atoms with Gasteiger partial charge in [0.05, 0.1) is 5.69 Å². The van der Waals surface area contributed by atoms with E-state index in [1.54, 1.807) is 0 Å². The van der Waals surface area contributed by atoms with Gasteiger partial charge in [-0.1, -0.05) is 27.7 Å². The minimum Gasteiger partial charge on any atom is -0.314 e. The van der Waals surface area contributed by atoms with Crippen molar-refractivity contribution in [2.75, 3.05) is 6.54 Å². The van der Waals surface area contributed by atoms with Gasteiger partial charge < -0.3 is 5.32 Å². The van der Waals surface area contributed by atoms with Gasteiger partial charge in [-0.25, -0.2) is 0 Å². The number of hydrogen-bond acceptors (Lipinski definition) is 2. The quantitative estimate of drug-likeness (QED) is 0.694. The lowest BCUT2D eigenvalue weighted by molar-refractivity contribution is 0.354. The molecule has 0 aliphatic carbocycles. The second kappa shape index (κ2) is 8.46. The second-order valence-electron chi connectivity index (χ2n) is 6.91. The summed E-state index contributed by atoms with van der Waals surface area (Å²) < 4.78 is 2.12. The summed E-state index contributed by atoms with van der Waals surface area (Å²) in [6.45, 7) is 15.5. The van der Waals surface area contributed by atoms with Crippen molar-refractivity contribution >= 4 is 0 Å². The van der Waals surface area contributed by atoms with Crippen LogP contribution >= 0.6 is 0 Å². The van der Waals surface area contributed by atoms with Gasteiger partial charge in [-0.2, -0.15) is 5.10 Å². The number of rotatable bonds is 9. The van der Waals surface area contributed by atoms with Crippen molar-refractivity contribution in [3.63, 3.8) is 0 Å². The van der Waals surface area contributed by atoms with Crippen LogP contribution in [0.4, 0.5) is 0 Å². The van der Waals surface area contributed by atoms with Gasteiger partial charge in [-0.05, 0) is 57.6 Å². The highest BCUT2D eigenvalue weighted by molar-refractivity contribution is 5.06. The summed E-state index contributed by atoms with van der Waals surface area (Å²) in [7, 11) is 0. The normalized spacial score (nSPS) is 12.1. The first-order valence-corrected chi connectivity index (χ1v) is 8.13. The number of aryl methyl sites for hydroxylation is 3. The lowest BCUT2D eigenvalue weighted by Gasteiger charge is -2.22. The molecule has 0 radical (unpaired) electrons. The molecule has 116 valence electrons. The molecule has 0 bridgehead atoms. The maximum Gasteiger partial charge on any atom is 0.0596 e. The predicted molar refractivity (Wildman–Crippen MR) is 87.0 cm³/mol. The molecular formula is C17H33N3. The summed E-state index contributed by atoms with van der Waals surface area (Å²) in [5.41, 5.74) is 2.39. The van der Waals surface area contributed by atoms with Gasteiger partial charge in [0.25, 0.3) is 0 Å². The van der Waals surface area contributed by atoms with E-state index in [2.05, 4.69) is 62.7 Å². The zero-order valence-corrected chi connectivity index (χ0v) is 14.2. The molecule has 0 atom stereocenters. The fourth-order valence-electron chi connectivity index (χ4n) is 2.84.